The van der Waals surface area contributed by atoms with Gasteiger partial charge >= 0.3 is 7.12 Å². The van der Waals surface area contributed by atoms with E-state index in [1.165, 1.54) is 0 Å². The van der Waals surface area contributed by atoms with Crippen LogP contribution in [0.25, 0.3) is 28.3 Å². The average molecular weight is 449 g/mol. The van der Waals surface area contributed by atoms with Crippen molar-refractivity contribution in [2.45, 2.75) is 45.3 Å². The summed E-state index contributed by atoms with van der Waals surface area (Å²) in [5.74, 6) is 1.90. The number of nitrogens with zero attached hydrogens (tertiary/aromatic N) is 3. The van der Waals surface area contributed by atoms with Crippen LogP contribution in [0.15, 0.2) is 90.4 Å². The Morgan fingerprint density at radius 1 is 0.706 bits per heavy atom. The Kier molecular flexibility index (Phi) is 5.80. The van der Waals surface area contributed by atoms with Gasteiger partial charge in [-0.3, -0.25) is 0 Å². The van der Waals surface area contributed by atoms with E-state index in [4.69, 9.17) is 24.3 Å². The zero-order valence-corrected chi connectivity index (χ0v) is 20.0. The number of rotatable bonds is 4. The van der Waals surface area contributed by atoms with Gasteiger partial charge in [0.25, 0.3) is 0 Å². The van der Waals surface area contributed by atoms with Gasteiger partial charge in [-0.2, -0.15) is 0 Å². The van der Waals surface area contributed by atoms with Gasteiger partial charge in [-0.15, -0.1) is 0 Å². The smallest absolute Gasteiger partial charge is 0.400 e. The molecule has 0 N–H and O–H groups in total. The molecule has 0 atom stereocenters. The molecule has 0 saturated carbocycles. The summed E-state index contributed by atoms with van der Waals surface area (Å²) < 4.78 is 12.6. The van der Waals surface area contributed by atoms with Crippen molar-refractivity contribution in [1.29, 1.82) is 0 Å². The normalized spacial score (nSPS) is 18.9. The van der Waals surface area contributed by atoms with E-state index < -0.39 is 18.3 Å². The van der Waals surface area contributed by atoms with E-state index in [0.717, 1.165) is 28.6 Å². The lowest BCUT2D eigenvalue weighted by molar-refractivity contribution is 0.00578. The maximum atomic E-state index is 6.32. The second-order valence-electron chi connectivity index (χ2n) is 9.60. The minimum atomic E-state index is -0.417. The predicted molar refractivity (Wildman–Crippen MR) is 137 cm³/mol. The fourth-order valence-corrected chi connectivity index (χ4v) is 3.92. The van der Waals surface area contributed by atoms with Crippen LogP contribution in [0.4, 0.5) is 0 Å². The Morgan fingerprint density at radius 2 is 1.21 bits per heavy atom. The molecule has 1 aliphatic heterocycles. The summed E-state index contributed by atoms with van der Waals surface area (Å²) in [4.78, 5) is 14.5. The van der Waals surface area contributed by atoms with Gasteiger partial charge in [0.1, 0.15) is 0 Å². The molecule has 1 aromatic heterocycles. The third kappa shape index (κ3) is 4.39. The first kappa shape index (κ1) is 22.4. The molecule has 6 heteroatoms. The maximum absolute atomic E-state index is 6.32. The molecular weight excluding hydrogens is 421 g/mol. The van der Waals surface area contributed by atoms with Crippen molar-refractivity contribution in [3.63, 3.8) is 0 Å². The van der Waals surface area contributed by atoms with E-state index in [1.54, 1.807) is 0 Å². The largest absolute Gasteiger partial charge is 0.490 e. The van der Waals surface area contributed by atoms with Crippen molar-refractivity contribution >= 4 is 12.7 Å². The molecule has 1 aliphatic carbocycles. The van der Waals surface area contributed by atoms with Crippen LogP contribution < -0.4 is 0 Å². The van der Waals surface area contributed by atoms with E-state index in [1.807, 2.05) is 72.8 Å². The summed E-state index contributed by atoms with van der Waals surface area (Å²) in [6.07, 6.45) is 9.02. The molecule has 0 amide bonds. The molecule has 0 spiro atoms. The van der Waals surface area contributed by atoms with Crippen molar-refractivity contribution in [3.05, 3.63) is 96.3 Å². The van der Waals surface area contributed by atoms with Gasteiger partial charge in [-0.25, -0.2) is 15.0 Å². The maximum Gasteiger partial charge on any atom is 0.490 e. The summed E-state index contributed by atoms with van der Waals surface area (Å²) in [5.41, 5.74) is 3.04. The van der Waals surface area contributed by atoms with Crippen molar-refractivity contribution in [3.8, 4) is 22.8 Å². The summed E-state index contributed by atoms with van der Waals surface area (Å²) in [7, 11) is -0.417. The highest BCUT2D eigenvalue weighted by atomic mass is 16.7. The molecule has 2 aromatic carbocycles. The number of benzene rings is 2. The average Bonchev–Trinajstić information content (AvgIpc) is 3.00. The summed E-state index contributed by atoms with van der Waals surface area (Å²) in [5, 5.41) is 0. The standard InChI is InChI=1S/C28H28BN3O2/c1-27(2)28(3,4)34-29(33-27)23-18-12-11-17-22(19-23)26-31-24(20-13-7-5-8-14-20)30-25(32-26)21-15-9-6-10-16-21/h5-17,19H,18H2,1-4H3. The van der Waals surface area contributed by atoms with E-state index in [-0.39, 0.29) is 0 Å². The zero-order valence-electron chi connectivity index (χ0n) is 20.0. The third-order valence-electron chi connectivity index (χ3n) is 6.62. The minimum absolute atomic E-state index is 0.396. The molecule has 2 aliphatic rings. The Morgan fingerprint density at radius 3 is 1.74 bits per heavy atom. The Hall–Kier alpha value is -3.35. The third-order valence-corrected chi connectivity index (χ3v) is 6.62. The Balaban J connectivity index is 1.59. The molecule has 0 bridgehead atoms. The topological polar surface area (TPSA) is 57.1 Å². The van der Waals surface area contributed by atoms with Crippen LogP contribution in [0.3, 0.4) is 0 Å². The fraction of sp³-hybridized carbons (Fsp3) is 0.250. The second kappa shape index (κ2) is 8.78. The van der Waals surface area contributed by atoms with Crippen molar-refractivity contribution in [2.24, 2.45) is 0 Å². The highest BCUT2D eigenvalue weighted by molar-refractivity contribution is 6.55. The van der Waals surface area contributed by atoms with E-state index in [0.29, 0.717) is 17.5 Å². The van der Waals surface area contributed by atoms with Gasteiger partial charge in [0.2, 0.25) is 0 Å². The molecule has 0 unspecified atom stereocenters. The van der Waals surface area contributed by atoms with Crippen molar-refractivity contribution in [1.82, 2.24) is 15.0 Å². The van der Waals surface area contributed by atoms with E-state index in [2.05, 4.69) is 39.8 Å². The van der Waals surface area contributed by atoms with Gasteiger partial charge in [0, 0.05) is 16.7 Å². The summed E-state index contributed by atoms with van der Waals surface area (Å²) in [6.45, 7) is 8.28. The van der Waals surface area contributed by atoms with Crippen molar-refractivity contribution < 1.29 is 9.31 Å². The Labute approximate surface area is 201 Å². The molecule has 5 nitrogen and oxygen atoms in total. The first-order valence-electron chi connectivity index (χ1n) is 11.6. The summed E-state index contributed by atoms with van der Waals surface area (Å²) >= 11 is 0. The highest BCUT2D eigenvalue weighted by Crippen LogP contribution is 2.40. The molecule has 5 rings (SSSR count). The van der Waals surface area contributed by atoms with Crippen molar-refractivity contribution in [2.75, 3.05) is 0 Å². The quantitative estimate of drug-likeness (QED) is 0.450. The van der Waals surface area contributed by atoms with Gasteiger partial charge in [0.05, 0.1) is 11.2 Å². The molecule has 170 valence electrons. The van der Waals surface area contributed by atoms with Gasteiger partial charge in [-0.05, 0) is 39.6 Å². The molecule has 2 heterocycles. The first-order chi connectivity index (χ1) is 16.3. The van der Waals surface area contributed by atoms with Crippen LogP contribution in [0.5, 0.6) is 0 Å². The number of hydrogen-bond donors (Lipinski definition) is 0. The highest BCUT2D eigenvalue weighted by Gasteiger charge is 2.52. The van der Waals surface area contributed by atoms with E-state index in [9.17, 15) is 0 Å². The van der Waals surface area contributed by atoms with Gasteiger partial charge in [-0.1, -0.05) is 85.0 Å². The molecule has 34 heavy (non-hydrogen) atoms. The second-order valence-corrected chi connectivity index (χ2v) is 9.60. The number of allylic oxidation sites excluding steroid dienone is 6. The fourth-order valence-electron chi connectivity index (χ4n) is 3.92. The van der Waals surface area contributed by atoms with Crippen LogP contribution in [-0.2, 0) is 9.31 Å². The lowest BCUT2D eigenvalue weighted by Crippen LogP contribution is -2.41. The van der Waals surface area contributed by atoms with Crippen LogP contribution in [0.2, 0.25) is 0 Å². The first-order valence-corrected chi connectivity index (χ1v) is 11.6. The van der Waals surface area contributed by atoms with Crippen LogP contribution in [0.1, 0.15) is 39.9 Å². The SMILES string of the molecule is CC1(C)OB(C2=CC(c3nc(-c4ccccc4)nc(-c4ccccc4)n3)=CC=CC2)OC1(C)C. The lowest BCUT2D eigenvalue weighted by Gasteiger charge is -2.32. The zero-order chi connectivity index (χ0) is 23.8. The van der Waals surface area contributed by atoms with Crippen LogP contribution in [-0.4, -0.2) is 33.3 Å². The molecule has 0 radical (unpaired) electrons. The lowest BCUT2D eigenvalue weighted by atomic mass is 9.75. The molecule has 1 saturated heterocycles. The number of hydrogen-bond acceptors (Lipinski definition) is 5. The number of aromatic nitrogens is 3. The minimum Gasteiger partial charge on any atom is -0.400 e. The monoisotopic (exact) mass is 449 g/mol. The molecule has 3 aromatic rings. The van der Waals surface area contributed by atoms with Crippen LogP contribution >= 0.6 is 0 Å². The molecule has 1 fully saturated rings. The van der Waals surface area contributed by atoms with E-state index >= 15 is 0 Å². The van der Waals surface area contributed by atoms with Gasteiger partial charge < -0.3 is 9.31 Å². The Bertz CT molecular complexity index is 1210. The predicted octanol–water partition coefficient (Wildman–Crippen LogP) is 6.11. The van der Waals surface area contributed by atoms with Crippen LogP contribution in [0, 0.1) is 0 Å². The summed E-state index contributed by atoms with van der Waals surface area (Å²) in [6, 6.07) is 20.0. The molecular formula is C28H28BN3O2. The van der Waals surface area contributed by atoms with Gasteiger partial charge in [0.15, 0.2) is 17.5 Å².